The molecule has 7 nitrogen and oxygen atoms in total. The van der Waals surface area contributed by atoms with Gasteiger partial charge in [0.15, 0.2) is 0 Å². The van der Waals surface area contributed by atoms with Crippen LogP contribution in [0.15, 0.2) is 67.3 Å². The molecule has 0 aromatic heterocycles. The second-order valence-corrected chi connectivity index (χ2v) is 12.3. The summed E-state index contributed by atoms with van der Waals surface area (Å²) in [5.41, 5.74) is 0.688. The molecule has 0 spiro atoms. The smallest absolute Gasteiger partial charge is 0.410 e. The first kappa shape index (κ1) is 29.6. The van der Waals surface area contributed by atoms with Gasteiger partial charge in [-0.2, -0.15) is 0 Å². The Hall–Kier alpha value is -2.87. The second kappa shape index (κ2) is 13.4. The zero-order valence-corrected chi connectivity index (χ0v) is 24.6. The molecule has 2 aromatic rings. The fraction of sp³-hybridized carbons (Fsp3) is 0.515. The Bertz CT molecular complexity index is 1180. The third kappa shape index (κ3) is 6.96. The Kier molecular flexibility index (Phi) is 9.68. The molecule has 220 valence electrons. The van der Waals surface area contributed by atoms with E-state index in [0.29, 0.717) is 31.2 Å². The molecule has 5 rings (SSSR count). The van der Waals surface area contributed by atoms with E-state index in [0.717, 1.165) is 62.7 Å². The zero-order chi connectivity index (χ0) is 28.8. The average Bonchev–Trinajstić information content (AvgIpc) is 3.65. The number of likely N-dealkylation sites (tertiary alicyclic amines) is 2. The Labute approximate surface area is 248 Å². The van der Waals surface area contributed by atoms with E-state index in [9.17, 15) is 14.7 Å². The van der Waals surface area contributed by atoms with Gasteiger partial charge in [-0.05, 0) is 48.9 Å². The lowest BCUT2D eigenvalue weighted by Crippen LogP contribution is -2.50. The number of benzene rings is 2. The molecule has 1 N–H and O–H groups in total. The monoisotopic (exact) mass is 579 g/mol. The first-order valence-corrected chi connectivity index (χ1v) is 15.3. The van der Waals surface area contributed by atoms with Crippen molar-refractivity contribution in [1.82, 2.24) is 14.7 Å². The highest BCUT2D eigenvalue weighted by Gasteiger charge is 2.49. The van der Waals surface area contributed by atoms with Crippen LogP contribution in [0.5, 0.6) is 0 Å². The van der Waals surface area contributed by atoms with Crippen LogP contribution in [0.3, 0.4) is 0 Å². The van der Waals surface area contributed by atoms with Gasteiger partial charge in [0.2, 0.25) is 5.91 Å². The largest absolute Gasteiger partial charge is 0.445 e. The van der Waals surface area contributed by atoms with Crippen LogP contribution < -0.4 is 0 Å². The van der Waals surface area contributed by atoms with Gasteiger partial charge in [0, 0.05) is 55.6 Å². The molecule has 3 fully saturated rings. The Balaban J connectivity index is 1.20. The van der Waals surface area contributed by atoms with E-state index in [4.69, 9.17) is 16.3 Å². The highest BCUT2D eigenvalue weighted by molar-refractivity contribution is 6.30. The van der Waals surface area contributed by atoms with Crippen molar-refractivity contribution in [1.29, 1.82) is 0 Å². The molecule has 0 unspecified atom stereocenters. The SMILES string of the molecule is C=CCN(C(=O)OCc1ccc(Cl)cc1)C1CCN(C[C@H]2CN(C(=O)C3CCCC3)C[C@]2(O)c2ccccc2)CC1. The van der Waals surface area contributed by atoms with Gasteiger partial charge in [-0.1, -0.05) is 73.0 Å². The molecule has 2 saturated heterocycles. The van der Waals surface area contributed by atoms with Crippen LogP contribution in [-0.2, 0) is 21.7 Å². The standard InChI is InChI=1S/C33H42ClN3O4/c1-2-18-37(32(39)41-23-25-12-14-29(34)15-13-25)30-16-19-35(20-17-30)21-28-22-36(31(38)26-8-6-7-9-26)24-33(28,40)27-10-4-3-5-11-27/h2-5,10-15,26,28,30,40H,1,6-9,16-24H2/t28-,33-/m0/s1. The number of halogens is 1. The molecule has 0 radical (unpaired) electrons. The number of hydrogen-bond acceptors (Lipinski definition) is 5. The van der Waals surface area contributed by atoms with Gasteiger partial charge in [0.05, 0.1) is 6.54 Å². The maximum Gasteiger partial charge on any atom is 0.410 e. The molecular formula is C33H42ClN3O4. The fourth-order valence-corrected chi connectivity index (χ4v) is 6.93. The summed E-state index contributed by atoms with van der Waals surface area (Å²) in [6.45, 7) is 7.70. The van der Waals surface area contributed by atoms with Crippen LogP contribution in [0.1, 0.15) is 49.7 Å². The molecule has 2 aromatic carbocycles. The van der Waals surface area contributed by atoms with Crippen LogP contribution in [0.2, 0.25) is 5.02 Å². The van der Waals surface area contributed by atoms with E-state index in [-0.39, 0.29) is 36.5 Å². The molecule has 0 bridgehead atoms. The average molecular weight is 580 g/mol. The zero-order valence-electron chi connectivity index (χ0n) is 23.8. The van der Waals surface area contributed by atoms with Gasteiger partial charge < -0.3 is 24.5 Å². The van der Waals surface area contributed by atoms with Crippen molar-refractivity contribution in [3.05, 3.63) is 83.4 Å². The Morgan fingerprint density at radius 2 is 1.73 bits per heavy atom. The topological polar surface area (TPSA) is 73.3 Å². The predicted molar refractivity (Wildman–Crippen MR) is 160 cm³/mol. The minimum absolute atomic E-state index is 0.0546. The number of aliphatic hydroxyl groups is 1. The first-order chi connectivity index (χ1) is 19.9. The van der Waals surface area contributed by atoms with Crippen molar-refractivity contribution < 1.29 is 19.4 Å². The molecule has 1 saturated carbocycles. The van der Waals surface area contributed by atoms with Crippen molar-refractivity contribution >= 4 is 23.6 Å². The van der Waals surface area contributed by atoms with Crippen LogP contribution >= 0.6 is 11.6 Å². The molecular weight excluding hydrogens is 538 g/mol. The van der Waals surface area contributed by atoms with Gasteiger partial charge >= 0.3 is 6.09 Å². The minimum Gasteiger partial charge on any atom is -0.445 e. The van der Waals surface area contributed by atoms with Crippen molar-refractivity contribution in [3.63, 3.8) is 0 Å². The normalized spacial score (nSPS) is 24.0. The van der Waals surface area contributed by atoms with Crippen molar-refractivity contribution in [2.45, 2.75) is 56.8 Å². The Morgan fingerprint density at radius 3 is 2.39 bits per heavy atom. The maximum atomic E-state index is 13.3. The van der Waals surface area contributed by atoms with E-state index in [1.54, 1.807) is 23.1 Å². The maximum absolute atomic E-state index is 13.3. The number of piperidine rings is 1. The molecule has 2 amide bonds. The number of amides is 2. The summed E-state index contributed by atoms with van der Waals surface area (Å²) in [6.07, 6.45) is 7.17. The molecule has 2 heterocycles. The number of β-amino-alcohol motifs (C(OH)–C–C–N with tert-alkyl or cyclic N) is 1. The number of carbonyl (C=O) groups is 2. The summed E-state index contributed by atoms with van der Waals surface area (Å²) in [5.74, 6) is 0.218. The Morgan fingerprint density at radius 1 is 1.05 bits per heavy atom. The van der Waals surface area contributed by atoms with Crippen molar-refractivity contribution in [3.8, 4) is 0 Å². The second-order valence-electron chi connectivity index (χ2n) is 11.8. The lowest BCUT2D eigenvalue weighted by atomic mass is 9.83. The van der Waals surface area contributed by atoms with Crippen LogP contribution in [0.4, 0.5) is 4.79 Å². The van der Waals surface area contributed by atoms with Gasteiger partial charge in [0.1, 0.15) is 12.2 Å². The third-order valence-corrected chi connectivity index (χ3v) is 9.40. The van der Waals surface area contributed by atoms with Crippen LogP contribution in [0.25, 0.3) is 0 Å². The van der Waals surface area contributed by atoms with Crippen molar-refractivity contribution in [2.24, 2.45) is 11.8 Å². The summed E-state index contributed by atoms with van der Waals surface area (Å²) in [6, 6.07) is 17.2. The number of hydrogen-bond donors (Lipinski definition) is 1. The fourth-order valence-electron chi connectivity index (χ4n) is 6.81. The van der Waals surface area contributed by atoms with E-state index in [2.05, 4.69) is 11.5 Å². The first-order valence-electron chi connectivity index (χ1n) is 14.9. The summed E-state index contributed by atoms with van der Waals surface area (Å²) in [7, 11) is 0. The lowest BCUT2D eigenvalue weighted by Gasteiger charge is -2.40. The number of carbonyl (C=O) groups excluding carboxylic acids is 2. The number of ether oxygens (including phenoxy) is 1. The highest BCUT2D eigenvalue weighted by atomic mass is 35.5. The van der Waals surface area contributed by atoms with Gasteiger partial charge in [0.25, 0.3) is 0 Å². The molecule has 8 heteroatoms. The molecule has 2 aliphatic heterocycles. The highest BCUT2D eigenvalue weighted by Crippen LogP contribution is 2.40. The number of rotatable bonds is 9. The van der Waals surface area contributed by atoms with Gasteiger partial charge in [-0.25, -0.2) is 4.79 Å². The van der Waals surface area contributed by atoms with Crippen LogP contribution in [0, 0.1) is 11.8 Å². The lowest BCUT2D eigenvalue weighted by molar-refractivity contribution is -0.135. The van der Waals surface area contributed by atoms with E-state index in [1.807, 2.05) is 47.4 Å². The summed E-state index contributed by atoms with van der Waals surface area (Å²) < 4.78 is 5.63. The summed E-state index contributed by atoms with van der Waals surface area (Å²) in [5, 5.41) is 12.7. The van der Waals surface area contributed by atoms with Crippen LogP contribution in [-0.4, -0.2) is 77.1 Å². The van der Waals surface area contributed by atoms with E-state index >= 15 is 0 Å². The van der Waals surface area contributed by atoms with Gasteiger partial charge in [-0.15, -0.1) is 6.58 Å². The quantitative estimate of drug-likeness (QED) is 0.399. The summed E-state index contributed by atoms with van der Waals surface area (Å²) >= 11 is 5.97. The van der Waals surface area contributed by atoms with Crippen molar-refractivity contribution in [2.75, 3.05) is 39.3 Å². The minimum atomic E-state index is -1.08. The third-order valence-electron chi connectivity index (χ3n) is 9.15. The number of nitrogens with zero attached hydrogens (tertiary/aromatic N) is 3. The van der Waals surface area contributed by atoms with E-state index < -0.39 is 5.60 Å². The molecule has 1 aliphatic carbocycles. The summed E-state index contributed by atoms with van der Waals surface area (Å²) in [4.78, 5) is 32.4. The molecule has 41 heavy (non-hydrogen) atoms. The predicted octanol–water partition coefficient (Wildman–Crippen LogP) is 5.47. The molecule has 3 aliphatic rings. The molecule has 2 atom stereocenters. The van der Waals surface area contributed by atoms with E-state index in [1.165, 1.54) is 0 Å². The van der Waals surface area contributed by atoms with Gasteiger partial charge in [-0.3, -0.25) is 4.79 Å².